The van der Waals surface area contributed by atoms with E-state index in [2.05, 4.69) is 33.5 Å². The lowest BCUT2D eigenvalue weighted by Gasteiger charge is -2.38. The third-order valence-electron chi connectivity index (χ3n) is 4.50. The summed E-state index contributed by atoms with van der Waals surface area (Å²) < 4.78 is 5.75. The van der Waals surface area contributed by atoms with Crippen LogP contribution in [-0.4, -0.2) is 90.6 Å². The van der Waals surface area contributed by atoms with Crippen molar-refractivity contribution in [1.29, 1.82) is 0 Å². The average molecular weight is 340 g/mol. The number of thiazole rings is 1. The molecule has 7 heteroatoms. The minimum atomic E-state index is -0.293. The highest BCUT2D eigenvalue weighted by atomic mass is 32.1. The number of aliphatic hydroxyl groups is 1. The lowest BCUT2D eigenvalue weighted by Crippen LogP contribution is -2.52. The number of hydrogen-bond acceptors (Lipinski definition) is 7. The molecule has 2 saturated heterocycles. The SMILES string of the molecule is CC1CN(CC(O)CN2CCN(c3nccs3)CC2)CC(C)O1. The molecule has 2 fully saturated rings. The molecule has 1 aromatic heterocycles. The van der Waals surface area contributed by atoms with Gasteiger partial charge in [0.15, 0.2) is 5.13 Å². The van der Waals surface area contributed by atoms with E-state index in [1.54, 1.807) is 11.3 Å². The van der Waals surface area contributed by atoms with E-state index in [-0.39, 0.29) is 18.3 Å². The second kappa shape index (κ2) is 7.90. The van der Waals surface area contributed by atoms with Gasteiger partial charge in [0.2, 0.25) is 0 Å². The van der Waals surface area contributed by atoms with Crippen molar-refractivity contribution in [2.75, 3.05) is 57.3 Å². The third-order valence-corrected chi connectivity index (χ3v) is 5.33. The number of rotatable bonds is 5. The minimum Gasteiger partial charge on any atom is -0.390 e. The van der Waals surface area contributed by atoms with Crippen molar-refractivity contribution in [3.05, 3.63) is 11.6 Å². The molecule has 2 aliphatic heterocycles. The van der Waals surface area contributed by atoms with Crippen molar-refractivity contribution >= 4 is 16.5 Å². The van der Waals surface area contributed by atoms with Crippen LogP contribution in [0, 0.1) is 0 Å². The zero-order chi connectivity index (χ0) is 16.2. The fourth-order valence-electron chi connectivity index (χ4n) is 3.58. The maximum absolute atomic E-state index is 10.4. The quantitative estimate of drug-likeness (QED) is 0.853. The number of aliphatic hydroxyl groups excluding tert-OH is 1. The van der Waals surface area contributed by atoms with Gasteiger partial charge in [0.1, 0.15) is 0 Å². The van der Waals surface area contributed by atoms with Crippen molar-refractivity contribution in [2.45, 2.75) is 32.2 Å². The maximum Gasteiger partial charge on any atom is 0.185 e. The number of hydrogen-bond donors (Lipinski definition) is 1. The highest BCUT2D eigenvalue weighted by Gasteiger charge is 2.25. The van der Waals surface area contributed by atoms with E-state index in [0.29, 0.717) is 0 Å². The molecule has 3 atom stereocenters. The topological polar surface area (TPSA) is 52.1 Å². The summed E-state index contributed by atoms with van der Waals surface area (Å²) in [4.78, 5) is 11.4. The number of anilines is 1. The van der Waals surface area contributed by atoms with Crippen molar-refractivity contribution < 1.29 is 9.84 Å². The van der Waals surface area contributed by atoms with Gasteiger partial charge in [0, 0.05) is 63.9 Å². The van der Waals surface area contributed by atoms with Gasteiger partial charge in [-0.05, 0) is 13.8 Å². The van der Waals surface area contributed by atoms with Crippen LogP contribution in [0.25, 0.3) is 0 Å². The van der Waals surface area contributed by atoms with E-state index in [9.17, 15) is 5.11 Å². The largest absolute Gasteiger partial charge is 0.390 e. The summed E-state index contributed by atoms with van der Waals surface area (Å²) in [6, 6.07) is 0. The number of ether oxygens (including phenoxy) is 1. The molecule has 3 unspecified atom stereocenters. The van der Waals surface area contributed by atoms with Gasteiger partial charge in [-0.3, -0.25) is 9.80 Å². The van der Waals surface area contributed by atoms with Crippen molar-refractivity contribution in [1.82, 2.24) is 14.8 Å². The van der Waals surface area contributed by atoms with Gasteiger partial charge >= 0.3 is 0 Å². The van der Waals surface area contributed by atoms with Crippen LogP contribution in [0.5, 0.6) is 0 Å². The number of piperazine rings is 1. The first-order valence-electron chi connectivity index (χ1n) is 8.53. The van der Waals surface area contributed by atoms with E-state index >= 15 is 0 Å². The van der Waals surface area contributed by atoms with Crippen molar-refractivity contribution in [3.63, 3.8) is 0 Å². The monoisotopic (exact) mass is 340 g/mol. The van der Waals surface area contributed by atoms with Gasteiger partial charge in [-0.1, -0.05) is 0 Å². The molecule has 3 rings (SSSR count). The molecule has 1 N–H and O–H groups in total. The Labute approximate surface area is 142 Å². The van der Waals surface area contributed by atoms with Crippen LogP contribution in [0.3, 0.4) is 0 Å². The zero-order valence-electron chi connectivity index (χ0n) is 14.1. The highest BCUT2D eigenvalue weighted by molar-refractivity contribution is 7.13. The summed E-state index contributed by atoms with van der Waals surface area (Å²) in [5.74, 6) is 0. The minimum absolute atomic E-state index is 0.257. The molecule has 6 nitrogen and oxygen atoms in total. The molecule has 0 aliphatic carbocycles. The number of aromatic nitrogens is 1. The maximum atomic E-state index is 10.4. The van der Waals surface area contributed by atoms with Crippen molar-refractivity contribution in [2.24, 2.45) is 0 Å². The highest BCUT2D eigenvalue weighted by Crippen LogP contribution is 2.19. The van der Waals surface area contributed by atoms with Crippen LogP contribution >= 0.6 is 11.3 Å². The molecule has 0 aromatic carbocycles. The number of β-amino-alcohol motifs (C(OH)–C–C–N with tert-alkyl or cyclic N) is 1. The van der Waals surface area contributed by atoms with E-state index in [1.165, 1.54) is 0 Å². The van der Waals surface area contributed by atoms with Crippen LogP contribution in [0.4, 0.5) is 5.13 Å². The van der Waals surface area contributed by atoms with E-state index in [4.69, 9.17) is 4.74 Å². The molecule has 1 aromatic rings. The molecular weight excluding hydrogens is 312 g/mol. The third kappa shape index (κ3) is 4.87. The van der Waals surface area contributed by atoms with Crippen LogP contribution in [-0.2, 0) is 4.74 Å². The molecule has 0 amide bonds. The Kier molecular flexibility index (Phi) is 5.87. The molecular formula is C16H28N4O2S. The second-order valence-electron chi connectivity index (χ2n) is 6.73. The Hall–Kier alpha value is -0.730. The van der Waals surface area contributed by atoms with E-state index in [0.717, 1.165) is 57.5 Å². The van der Waals surface area contributed by atoms with Gasteiger partial charge in [-0.2, -0.15) is 0 Å². The zero-order valence-corrected chi connectivity index (χ0v) is 14.9. The van der Waals surface area contributed by atoms with Gasteiger partial charge in [0.25, 0.3) is 0 Å². The Balaban J connectivity index is 1.40. The standard InChI is InChI=1S/C16H28N4O2S/c1-13-9-19(10-14(2)22-13)12-15(21)11-18-4-6-20(7-5-18)16-17-3-8-23-16/h3,8,13-15,21H,4-7,9-12H2,1-2H3. The van der Waals surface area contributed by atoms with Crippen LogP contribution in [0.2, 0.25) is 0 Å². The van der Waals surface area contributed by atoms with Gasteiger partial charge < -0.3 is 14.7 Å². The van der Waals surface area contributed by atoms with E-state index < -0.39 is 0 Å². The number of nitrogens with zero attached hydrogens (tertiary/aromatic N) is 4. The molecule has 23 heavy (non-hydrogen) atoms. The average Bonchev–Trinajstić information content (AvgIpc) is 3.01. The molecule has 0 spiro atoms. The molecule has 0 radical (unpaired) electrons. The van der Waals surface area contributed by atoms with Gasteiger partial charge in [0.05, 0.1) is 18.3 Å². The molecule has 130 valence electrons. The van der Waals surface area contributed by atoms with Crippen LogP contribution in [0.1, 0.15) is 13.8 Å². The summed E-state index contributed by atoms with van der Waals surface area (Å²) in [7, 11) is 0. The Morgan fingerprint density at radius 3 is 2.43 bits per heavy atom. The fourth-order valence-corrected chi connectivity index (χ4v) is 4.28. The van der Waals surface area contributed by atoms with Crippen molar-refractivity contribution in [3.8, 4) is 0 Å². The first-order valence-corrected chi connectivity index (χ1v) is 9.41. The summed E-state index contributed by atoms with van der Waals surface area (Å²) in [5, 5.41) is 13.6. The summed E-state index contributed by atoms with van der Waals surface area (Å²) in [5.41, 5.74) is 0. The van der Waals surface area contributed by atoms with Crippen LogP contribution < -0.4 is 4.90 Å². The molecule has 3 heterocycles. The molecule has 2 aliphatic rings. The smallest absolute Gasteiger partial charge is 0.185 e. The predicted octanol–water partition coefficient (Wildman–Crippen LogP) is 0.735. The van der Waals surface area contributed by atoms with Gasteiger partial charge in [-0.25, -0.2) is 4.98 Å². The van der Waals surface area contributed by atoms with Gasteiger partial charge in [-0.15, -0.1) is 11.3 Å². The van der Waals surface area contributed by atoms with E-state index in [1.807, 2.05) is 11.6 Å². The Morgan fingerprint density at radius 2 is 1.83 bits per heavy atom. The second-order valence-corrected chi connectivity index (χ2v) is 7.61. The summed E-state index contributed by atoms with van der Waals surface area (Å²) in [6.45, 7) is 11.5. The Bertz CT molecular complexity index is 455. The van der Waals surface area contributed by atoms with Crippen LogP contribution in [0.15, 0.2) is 11.6 Å². The normalized spacial score (nSPS) is 28.9. The fraction of sp³-hybridized carbons (Fsp3) is 0.812. The molecule has 0 bridgehead atoms. The lowest BCUT2D eigenvalue weighted by atomic mass is 10.2. The summed E-state index contributed by atoms with van der Waals surface area (Å²) >= 11 is 1.70. The summed E-state index contributed by atoms with van der Waals surface area (Å²) in [6.07, 6.45) is 2.08. The molecule has 0 saturated carbocycles. The first-order chi connectivity index (χ1) is 11.1. The lowest BCUT2D eigenvalue weighted by molar-refractivity contribution is -0.0780. The first kappa shape index (κ1) is 17.1. The predicted molar refractivity (Wildman–Crippen MR) is 93.2 cm³/mol. The number of morpholine rings is 1. The Morgan fingerprint density at radius 1 is 1.17 bits per heavy atom.